The fourth-order valence-electron chi connectivity index (χ4n) is 2.65. The summed E-state index contributed by atoms with van der Waals surface area (Å²) in [5.74, 6) is 0.668. The first-order chi connectivity index (χ1) is 9.33. The Morgan fingerprint density at radius 1 is 1.21 bits per heavy atom. The van der Waals surface area contributed by atoms with E-state index in [-0.39, 0.29) is 18.2 Å². The van der Waals surface area contributed by atoms with E-state index in [1.165, 1.54) is 12.8 Å². The SMILES string of the molecule is O=C(NCc1ccccc1)NC1CCOC1C1CC1. The summed E-state index contributed by atoms with van der Waals surface area (Å²) in [5.41, 5.74) is 1.11. The smallest absolute Gasteiger partial charge is 0.315 e. The highest BCUT2D eigenvalue weighted by Crippen LogP contribution is 2.38. The Morgan fingerprint density at radius 3 is 2.74 bits per heavy atom. The van der Waals surface area contributed by atoms with E-state index in [9.17, 15) is 4.79 Å². The monoisotopic (exact) mass is 260 g/mol. The molecule has 0 bridgehead atoms. The molecule has 1 aromatic rings. The minimum atomic E-state index is -0.0926. The minimum Gasteiger partial charge on any atom is -0.376 e. The first kappa shape index (κ1) is 12.5. The molecule has 0 spiro atoms. The van der Waals surface area contributed by atoms with Crippen molar-refractivity contribution in [2.45, 2.75) is 38.0 Å². The number of amides is 2. The third kappa shape index (κ3) is 3.26. The van der Waals surface area contributed by atoms with Gasteiger partial charge in [-0.15, -0.1) is 0 Å². The van der Waals surface area contributed by atoms with Gasteiger partial charge in [0.15, 0.2) is 0 Å². The van der Waals surface area contributed by atoms with Crippen molar-refractivity contribution in [1.82, 2.24) is 10.6 Å². The lowest BCUT2D eigenvalue weighted by Gasteiger charge is -2.19. The van der Waals surface area contributed by atoms with E-state index in [4.69, 9.17) is 4.74 Å². The van der Waals surface area contributed by atoms with Gasteiger partial charge in [-0.05, 0) is 30.7 Å². The van der Waals surface area contributed by atoms with Gasteiger partial charge in [0.25, 0.3) is 0 Å². The van der Waals surface area contributed by atoms with Gasteiger partial charge in [-0.2, -0.15) is 0 Å². The molecule has 2 unspecified atom stereocenters. The van der Waals surface area contributed by atoms with Crippen molar-refractivity contribution < 1.29 is 9.53 Å². The van der Waals surface area contributed by atoms with Crippen molar-refractivity contribution >= 4 is 6.03 Å². The highest BCUT2D eigenvalue weighted by atomic mass is 16.5. The van der Waals surface area contributed by atoms with Crippen LogP contribution in [-0.4, -0.2) is 24.8 Å². The van der Waals surface area contributed by atoms with Crippen LogP contribution in [0.3, 0.4) is 0 Å². The number of nitrogens with one attached hydrogen (secondary N) is 2. The van der Waals surface area contributed by atoms with Gasteiger partial charge in [0.2, 0.25) is 0 Å². The second-order valence-corrected chi connectivity index (χ2v) is 5.38. The number of carbonyl (C=O) groups is 1. The number of rotatable bonds is 4. The van der Waals surface area contributed by atoms with Crippen LogP contribution < -0.4 is 10.6 Å². The maximum atomic E-state index is 11.9. The molecule has 0 radical (unpaired) electrons. The number of hydrogen-bond donors (Lipinski definition) is 2. The van der Waals surface area contributed by atoms with Crippen LogP contribution in [0.5, 0.6) is 0 Å². The Kier molecular flexibility index (Phi) is 3.69. The quantitative estimate of drug-likeness (QED) is 0.870. The van der Waals surface area contributed by atoms with Gasteiger partial charge < -0.3 is 15.4 Å². The molecule has 1 saturated heterocycles. The number of carbonyl (C=O) groups excluding carboxylic acids is 1. The minimum absolute atomic E-state index is 0.0926. The molecule has 2 aliphatic rings. The summed E-state index contributed by atoms with van der Waals surface area (Å²) in [4.78, 5) is 11.9. The standard InChI is InChI=1S/C15H20N2O2/c18-15(16-10-11-4-2-1-3-5-11)17-13-8-9-19-14(13)12-6-7-12/h1-5,12-14H,6-10H2,(H2,16,17,18). The summed E-state index contributed by atoms with van der Waals surface area (Å²) in [6.07, 6.45) is 3.66. The molecule has 19 heavy (non-hydrogen) atoms. The lowest BCUT2D eigenvalue weighted by molar-refractivity contribution is 0.0825. The fourth-order valence-corrected chi connectivity index (χ4v) is 2.65. The first-order valence-electron chi connectivity index (χ1n) is 7.03. The Hall–Kier alpha value is -1.55. The van der Waals surface area contributed by atoms with E-state index in [1.807, 2.05) is 30.3 Å². The molecule has 4 heteroatoms. The highest BCUT2D eigenvalue weighted by molar-refractivity contribution is 5.74. The largest absolute Gasteiger partial charge is 0.376 e. The maximum Gasteiger partial charge on any atom is 0.315 e. The van der Waals surface area contributed by atoms with Crippen molar-refractivity contribution in [1.29, 1.82) is 0 Å². The molecule has 4 nitrogen and oxygen atoms in total. The van der Waals surface area contributed by atoms with Crippen molar-refractivity contribution in [2.75, 3.05) is 6.61 Å². The summed E-state index contributed by atoms with van der Waals surface area (Å²) in [5, 5.41) is 5.95. The van der Waals surface area contributed by atoms with E-state index in [0.29, 0.717) is 12.5 Å². The second-order valence-electron chi connectivity index (χ2n) is 5.38. The molecule has 1 heterocycles. The molecule has 102 valence electrons. The van der Waals surface area contributed by atoms with E-state index >= 15 is 0 Å². The molecular weight excluding hydrogens is 240 g/mol. The fraction of sp³-hybridized carbons (Fsp3) is 0.533. The Morgan fingerprint density at radius 2 is 2.00 bits per heavy atom. The third-order valence-corrected chi connectivity index (χ3v) is 3.83. The van der Waals surface area contributed by atoms with Gasteiger partial charge in [0.05, 0.1) is 12.1 Å². The molecular formula is C15H20N2O2. The second kappa shape index (κ2) is 5.61. The number of hydrogen-bond acceptors (Lipinski definition) is 2. The van der Waals surface area contributed by atoms with Crippen LogP contribution in [-0.2, 0) is 11.3 Å². The zero-order valence-electron chi connectivity index (χ0n) is 11.0. The lowest BCUT2D eigenvalue weighted by Crippen LogP contribution is -2.46. The van der Waals surface area contributed by atoms with Crippen molar-refractivity contribution in [2.24, 2.45) is 5.92 Å². The predicted molar refractivity (Wildman–Crippen MR) is 72.7 cm³/mol. The summed E-state index contributed by atoms with van der Waals surface area (Å²) in [7, 11) is 0. The van der Waals surface area contributed by atoms with Crippen LogP contribution in [0.15, 0.2) is 30.3 Å². The summed E-state index contributed by atoms with van der Waals surface area (Å²) in [6, 6.07) is 10.0. The molecule has 2 atom stereocenters. The van der Waals surface area contributed by atoms with Crippen LogP contribution in [0.1, 0.15) is 24.8 Å². The van der Waals surface area contributed by atoms with Crippen LogP contribution >= 0.6 is 0 Å². The van der Waals surface area contributed by atoms with Crippen molar-refractivity contribution in [3.05, 3.63) is 35.9 Å². The molecule has 2 N–H and O–H groups in total. The van der Waals surface area contributed by atoms with E-state index < -0.39 is 0 Å². The lowest BCUT2D eigenvalue weighted by atomic mass is 10.1. The molecule has 2 amide bonds. The van der Waals surface area contributed by atoms with Crippen molar-refractivity contribution in [3.8, 4) is 0 Å². The summed E-state index contributed by atoms with van der Waals surface area (Å²) >= 11 is 0. The third-order valence-electron chi connectivity index (χ3n) is 3.83. The van der Waals surface area contributed by atoms with Gasteiger partial charge in [-0.1, -0.05) is 30.3 Å². The molecule has 1 saturated carbocycles. The van der Waals surface area contributed by atoms with Crippen molar-refractivity contribution in [3.63, 3.8) is 0 Å². The average molecular weight is 260 g/mol. The molecule has 0 aromatic heterocycles. The molecule has 2 fully saturated rings. The molecule has 3 rings (SSSR count). The Balaban J connectivity index is 1.46. The van der Waals surface area contributed by atoms with Gasteiger partial charge in [-0.3, -0.25) is 0 Å². The first-order valence-corrected chi connectivity index (χ1v) is 7.03. The zero-order valence-corrected chi connectivity index (χ0v) is 11.0. The number of ether oxygens (including phenoxy) is 1. The van der Waals surface area contributed by atoms with Crippen LogP contribution in [0.25, 0.3) is 0 Å². The van der Waals surface area contributed by atoms with Gasteiger partial charge >= 0.3 is 6.03 Å². The van der Waals surface area contributed by atoms with E-state index in [2.05, 4.69) is 10.6 Å². The number of urea groups is 1. The normalized spacial score (nSPS) is 26.1. The Bertz CT molecular complexity index is 431. The average Bonchev–Trinajstić information content (AvgIpc) is 3.18. The molecule has 1 aromatic carbocycles. The van der Waals surface area contributed by atoms with E-state index in [1.54, 1.807) is 0 Å². The Labute approximate surface area is 113 Å². The van der Waals surface area contributed by atoms with Gasteiger partial charge in [0, 0.05) is 13.2 Å². The van der Waals surface area contributed by atoms with E-state index in [0.717, 1.165) is 18.6 Å². The van der Waals surface area contributed by atoms with Crippen LogP contribution in [0.4, 0.5) is 4.79 Å². The predicted octanol–water partition coefficient (Wildman–Crippen LogP) is 2.05. The molecule has 1 aliphatic heterocycles. The molecule has 1 aliphatic carbocycles. The van der Waals surface area contributed by atoms with Gasteiger partial charge in [-0.25, -0.2) is 4.79 Å². The zero-order chi connectivity index (χ0) is 13.1. The summed E-state index contributed by atoms with van der Waals surface area (Å²) in [6.45, 7) is 1.33. The maximum absolute atomic E-state index is 11.9. The highest BCUT2D eigenvalue weighted by Gasteiger charge is 2.41. The topological polar surface area (TPSA) is 50.4 Å². The van der Waals surface area contributed by atoms with Crippen LogP contribution in [0.2, 0.25) is 0 Å². The van der Waals surface area contributed by atoms with Crippen LogP contribution in [0, 0.1) is 5.92 Å². The summed E-state index contributed by atoms with van der Waals surface area (Å²) < 4.78 is 5.71. The number of benzene rings is 1. The van der Waals surface area contributed by atoms with Gasteiger partial charge in [0.1, 0.15) is 0 Å².